The Balaban J connectivity index is 1.89. The Morgan fingerprint density at radius 3 is 2.79 bits per heavy atom. The van der Waals surface area contributed by atoms with Gasteiger partial charge in [0.15, 0.2) is 0 Å². The number of methoxy groups -OCH3 is 1. The van der Waals surface area contributed by atoms with Gasteiger partial charge in [0.25, 0.3) is 5.69 Å². The van der Waals surface area contributed by atoms with E-state index in [0.717, 1.165) is 11.3 Å². The Bertz CT molecular complexity index is 752. The summed E-state index contributed by atoms with van der Waals surface area (Å²) in [5.41, 5.74) is 1.05. The molecule has 0 saturated carbocycles. The average Bonchev–Trinajstić information content (AvgIpc) is 2.57. The zero-order valence-electron chi connectivity index (χ0n) is 12.9. The predicted octanol–water partition coefficient (Wildman–Crippen LogP) is 3.62. The monoisotopic (exact) mass is 349 g/mol. The van der Waals surface area contributed by atoms with Crippen molar-refractivity contribution in [2.24, 2.45) is 0 Å². The van der Waals surface area contributed by atoms with Gasteiger partial charge in [0.05, 0.1) is 22.7 Å². The van der Waals surface area contributed by atoms with Gasteiger partial charge in [-0.1, -0.05) is 23.7 Å². The molecule has 0 bridgehead atoms. The van der Waals surface area contributed by atoms with Gasteiger partial charge in [-0.3, -0.25) is 10.1 Å². The Labute approximate surface area is 143 Å². The van der Waals surface area contributed by atoms with Gasteiger partial charge < -0.3 is 15.4 Å². The van der Waals surface area contributed by atoms with Gasteiger partial charge in [0, 0.05) is 18.7 Å². The lowest BCUT2D eigenvalue weighted by Crippen LogP contribution is -2.30. The molecule has 8 heteroatoms. The Morgan fingerprint density at radius 2 is 2.08 bits per heavy atom. The second-order valence-electron chi connectivity index (χ2n) is 4.90. The van der Waals surface area contributed by atoms with Crippen molar-refractivity contribution >= 4 is 29.0 Å². The summed E-state index contributed by atoms with van der Waals surface area (Å²) in [5, 5.41) is 16.2. The molecule has 126 valence electrons. The van der Waals surface area contributed by atoms with Crippen molar-refractivity contribution in [1.29, 1.82) is 0 Å². The van der Waals surface area contributed by atoms with E-state index in [-0.39, 0.29) is 16.4 Å². The summed E-state index contributed by atoms with van der Waals surface area (Å²) in [6.45, 7) is 0.394. The molecule has 2 N–H and O–H groups in total. The normalized spacial score (nSPS) is 10.1. The van der Waals surface area contributed by atoms with E-state index in [9.17, 15) is 14.9 Å². The van der Waals surface area contributed by atoms with Crippen molar-refractivity contribution in [2.75, 3.05) is 19.0 Å². The first kappa shape index (κ1) is 17.6. The molecule has 0 atom stereocenters. The minimum absolute atomic E-state index is 0.147. The van der Waals surface area contributed by atoms with Gasteiger partial charge in [-0.05, 0) is 30.2 Å². The fourth-order valence-corrected chi connectivity index (χ4v) is 2.20. The van der Waals surface area contributed by atoms with E-state index in [1.54, 1.807) is 7.11 Å². The van der Waals surface area contributed by atoms with Gasteiger partial charge in [0.1, 0.15) is 5.75 Å². The SMILES string of the molecule is COc1cccc(CCNC(=O)Nc2cc([N+](=O)[O-])ccc2Cl)c1. The van der Waals surface area contributed by atoms with Gasteiger partial charge in [-0.2, -0.15) is 0 Å². The molecule has 2 aromatic carbocycles. The molecule has 2 amide bonds. The largest absolute Gasteiger partial charge is 0.497 e. The van der Waals surface area contributed by atoms with Crippen molar-refractivity contribution in [3.63, 3.8) is 0 Å². The zero-order valence-corrected chi connectivity index (χ0v) is 13.7. The summed E-state index contributed by atoms with van der Waals surface area (Å²) in [7, 11) is 1.59. The molecule has 0 radical (unpaired) electrons. The molecule has 0 aliphatic heterocycles. The van der Waals surface area contributed by atoms with Crippen LogP contribution in [-0.2, 0) is 6.42 Å². The van der Waals surface area contributed by atoms with Gasteiger partial charge in [-0.25, -0.2) is 4.79 Å². The molecule has 0 spiro atoms. The van der Waals surface area contributed by atoms with Crippen molar-refractivity contribution < 1.29 is 14.5 Å². The fourth-order valence-electron chi connectivity index (χ4n) is 2.04. The maximum atomic E-state index is 11.9. The van der Waals surface area contributed by atoms with E-state index in [2.05, 4.69) is 10.6 Å². The lowest BCUT2D eigenvalue weighted by atomic mass is 10.1. The third-order valence-electron chi connectivity index (χ3n) is 3.24. The highest BCUT2D eigenvalue weighted by Crippen LogP contribution is 2.26. The van der Waals surface area contributed by atoms with E-state index in [0.29, 0.717) is 13.0 Å². The number of ether oxygens (including phenoxy) is 1. The first-order chi connectivity index (χ1) is 11.5. The molecule has 0 aromatic heterocycles. The lowest BCUT2D eigenvalue weighted by molar-refractivity contribution is -0.384. The minimum atomic E-state index is -0.553. The summed E-state index contributed by atoms with van der Waals surface area (Å²) < 4.78 is 5.14. The smallest absolute Gasteiger partial charge is 0.319 e. The number of nitro groups is 1. The highest BCUT2D eigenvalue weighted by atomic mass is 35.5. The standard InChI is InChI=1S/C16H16ClN3O4/c1-24-13-4-2-3-11(9-13)7-8-18-16(21)19-15-10-12(20(22)23)5-6-14(15)17/h2-6,9-10H,7-8H2,1H3,(H2,18,19,21). The number of nitrogens with one attached hydrogen (secondary N) is 2. The molecule has 0 fully saturated rings. The number of rotatable bonds is 6. The van der Waals surface area contributed by atoms with Crippen molar-refractivity contribution in [3.8, 4) is 5.75 Å². The van der Waals surface area contributed by atoms with E-state index < -0.39 is 11.0 Å². The first-order valence-electron chi connectivity index (χ1n) is 7.11. The Hall–Kier alpha value is -2.80. The van der Waals surface area contributed by atoms with Crippen molar-refractivity contribution in [3.05, 3.63) is 63.2 Å². The average molecular weight is 350 g/mol. The third-order valence-corrected chi connectivity index (χ3v) is 3.57. The number of carbonyl (C=O) groups is 1. The summed E-state index contributed by atoms with van der Waals surface area (Å²) in [6, 6.07) is 10.9. The number of amides is 2. The van der Waals surface area contributed by atoms with E-state index >= 15 is 0 Å². The molecular weight excluding hydrogens is 334 g/mol. The first-order valence-corrected chi connectivity index (χ1v) is 7.49. The number of hydrogen-bond donors (Lipinski definition) is 2. The van der Waals surface area contributed by atoms with Crippen LogP contribution >= 0.6 is 11.6 Å². The minimum Gasteiger partial charge on any atom is -0.497 e. The van der Waals surface area contributed by atoms with Crippen LogP contribution in [-0.4, -0.2) is 24.6 Å². The maximum Gasteiger partial charge on any atom is 0.319 e. The molecule has 0 aliphatic carbocycles. The maximum absolute atomic E-state index is 11.9. The molecular formula is C16H16ClN3O4. The second-order valence-corrected chi connectivity index (χ2v) is 5.31. The van der Waals surface area contributed by atoms with Gasteiger partial charge in [0.2, 0.25) is 0 Å². The predicted molar refractivity (Wildman–Crippen MR) is 91.8 cm³/mol. The summed E-state index contributed by atoms with van der Waals surface area (Å²) in [5.74, 6) is 0.750. The zero-order chi connectivity index (χ0) is 17.5. The molecule has 0 saturated heterocycles. The van der Waals surface area contributed by atoms with E-state index in [4.69, 9.17) is 16.3 Å². The molecule has 2 aromatic rings. The number of hydrogen-bond acceptors (Lipinski definition) is 4. The third kappa shape index (κ3) is 4.85. The number of nitro benzene ring substituents is 1. The quantitative estimate of drug-likeness (QED) is 0.615. The van der Waals surface area contributed by atoms with Crippen molar-refractivity contribution in [1.82, 2.24) is 5.32 Å². The summed E-state index contributed by atoms with van der Waals surface area (Å²) in [6.07, 6.45) is 0.618. The number of non-ortho nitro benzene ring substituents is 1. The van der Waals surface area contributed by atoms with Crippen LogP contribution in [0.3, 0.4) is 0 Å². The topological polar surface area (TPSA) is 93.5 Å². The molecule has 24 heavy (non-hydrogen) atoms. The molecule has 0 unspecified atom stereocenters. The summed E-state index contributed by atoms with van der Waals surface area (Å²) >= 11 is 5.93. The van der Waals surface area contributed by atoms with E-state index in [1.165, 1.54) is 18.2 Å². The second kappa shape index (κ2) is 8.16. The van der Waals surface area contributed by atoms with Crippen LogP contribution < -0.4 is 15.4 Å². The van der Waals surface area contributed by atoms with Crippen LogP contribution in [0.4, 0.5) is 16.2 Å². The number of halogens is 1. The lowest BCUT2D eigenvalue weighted by Gasteiger charge is -2.09. The van der Waals surface area contributed by atoms with Crippen LogP contribution in [0, 0.1) is 10.1 Å². The van der Waals surface area contributed by atoms with Crippen LogP contribution in [0.2, 0.25) is 5.02 Å². The molecule has 7 nitrogen and oxygen atoms in total. The van der Waals surface area contributed by atoms with Gasteiger partial charge >= 0.3 is 6.03 Å². The number of carbonyl (C=O) groups excluding carboxylic acids is 1. The molecule has 0 aliphatic rings. The highest BCUT2D eigenvalue weighted by Gasteiger charge is 2.11. The molecule has 0 heterocycles. The number of urea groups is 1. The number of nitrogens with zero attached hydrogens (tertiary/aromatic N) is 1. The highest BCUT2D eigenvalue weighted by molar-refractivity contribution is 6.33. The van der Waals surface area contributed by atoms with Crippen LogP contribution in [0.1, 0.15) is 5.56 Å². The van der Waals surface area contributed by atoms with Crippen LogP contribution in [0.15, 0.2) is 42.5 Å². The van der Waals surface area contributed by atoms with Crippen molar-refractivity contribution in [2.45, 2.75) is 6.42 Å². The number of anilines is 1. The number of benzene rings is 2. The Morgan fingerprint density at radius 1 is 1.29 bits per heavy atom. The Kier molecular flexibility index (Phi) is 5.97. The van der Waals surface area contributed by atoms with Crippen LogP contribution in [0.25, 0.3) is 0 Å². The fraction of sp³-hybridized carbons (Fsp3) is 0.188. The van der Waals surface area contributed by atoms with Gasteiger partial charge in [-0.15, -0.1) is 0 Å². The van der Waals surface area contributed by atoms with Crippen LogP contribution in [0.5, 0.6) is 5.75 Å². The van der Waals surface area contributed by atoms with E-state index in [1.807, 2.05) is 24.3 Å². The molecule has 2 rings (SSSR count). The summed E-state index contributed by atoms with van der Waals surface area (Å²) in [4.78, 5) is 22.1.